The predicted molar refractivity (Wildman–Crippen MR) is 57.6 cm³/mol. The molecule has 1 rings (SSSR count). The number of aryl methyl sites for hydroxylation is 1. The molecule has 0 unspecified atom stereocenters. The van der Waals surface area contributed by atoms with Crippen molar-refractivity contribution >= 4 is 11.9 Å². The van der Waals surface area contributed by atoms with Gasteiger partial charge in [-0.2, -0.15) is 4.68 Å². The van der Waals surface area contributed by atoms with E-state index in [9.17, 15) is 4.79 Å². The van der Waals surface area contributed by atoms with Crippen LogP contribution in [-0.4, -0.2) is 21.5 Å². The van der Waals surface area contributed by atoms with Crippen LogP contribution < -0.4 is 5.73 Å². The van der Waals surface area contributed by atoms with Crippen molar-refractivity contribution in [1.82, 2.24) is 9.78 Å². The highest BCUT2D eigenvalue weighted by molar-refractivity contribution is 5.71. The Hall–Kier alpha value is -1.52. The fourth-order valence-electron chi connectivity index (χ4n) is 1.16. The molecular formula is C10H17N3O2. The van der Waals surface area contributed by atoms with Crippen LogP contribution in [0, 0.1) is 0 Å². The van der Waals surface area contributed by atoms with Gasteiger partial charge in [0.25, 0.3) is 0 Å². The first-order chi connectivity index (χ1) is 6.83. The topological polar surface area (TPSA) is 70.1 Å². The summed E-state index contributed by atoms with van der Waals surface area (Å²) in [5, 5.41) is 3.89. The number of nitrogen functional groups attached to an aromatic ring is 1. The molecule has 0 aliphatic carbocycles. The lowest BCUT2D eigenvalue weighted by atomic mass is 10.2. The number of carbonyl (C=O) groups is 1. The van der Waals surface area contributed by atoms with Crippen molar-refractivity contribution in [2.45, 2.75) is 39.7 Å². The van der Waals surface area contributed by atoms with Crippen molar-refractivity contribution in [2.24, 2.45) is 0 Å². The van der Waals surface area contributed by atoms with E-state index in [4.69, 9.17) is 10.5 Å². The Morgan fingerprint density at radius 3 is 2.67 bits per heavy atom. The minimum atomic E-state index is -0.525. The van der Waals surface area contributed by atoms with Gasteiger partial charge in [-0.05, 0) is 27.2 Å². The minimum Gasteiger partial charge on any atom is -0.442 e. The average Bonchev–Trinajstić information content (AvgIpc) is 2.43. The number of rotatable bonds is 1. The van der Waals surface area contributed by atoms with Crippen LogP contribution in [0.1, 0.15) is 33.4 Å². The molecule has 0 amide bonds. The van der Waals surface area contributed by atoms with Gasteiger partial charge in [-0.3, -0.25) is 0 Å². The molecule has 0 saturated heterocycles. The number of ether oxygens (including phenoxy) is 1. The summed E-state index contributed by atoms with van der Waals surface area (Å²) in [7, 11) is 0. The third-order valence-corrected chi connectivity index (χ3v) is 1.73. The summed E-state index contributed by atoms with van der Waals surface area (Å²) in [6, 6.07) is 1.67. The van der Waals surface area contributed by atoms with E-state index in [0.29, 0.717) is 12.2 Å². The number of nitrogens with two attached hydrogens (primary N) is 1. The smallest absolute Gasteiger partial charge is 0.435 e. The lowest BCUT2D eigenvalue weighted by molar-refractivity contribution is 0.0510. The van der Waals surface area contributed by atoms with Gasteiger partial charge in [0, 0.05) is 6.07 Å². The molecular weight excluding hydrogens is 194 g/mol. The van der Waals surface area contributed by atoms with Crippen molar-refractivity contribution in [3.63, 3.8) is 0 Å². The Morgan fingerprint density at radius 1 is 1.60 bits per heavy atom. The van der Waals surface area contributed by atoms with E-state index in [0.717, 1.165) is 5.69 Å². The zero-order chi connectivity index (χ0) is 11.6. The van der Waals surface area contributed by atoms with Gasteiger partial charge in [0.15, 0.2) is 0 Å². The first kappa shape index (κ1) is 11.6. The van der Waals surface area contributed by atoms with Gasteiger partial charge in [-0.1, -0.05) is 6.92 Å². The Labute approximate surface area is 89.2 Å². The van der Waals surface area contributed by atoms with Crippen molar-refractivity contribution in [3.8, 4) is 0 Å². The zero-order valence-electron chi connectivity index (χ0n) is 9.57. The molecule has 0 aliphatic rings. The highest BCUT2D eigenvalue weighted by Gasteiger charge is 2.20. The van der Waals surface area contributed by atoms with Gasteiger partial charge >= 0.3 is 6.09 Å². The Bertz CT molecular complexity index is 363. The van der Waals surface area contributed by atoms with Gasteiger partial charge < -0.3 is 10.5 Å². The molecule has 0 saturated carbocycles. The van der Waals surface area contributed by atoms with Crippen LogP contribution in [0.15, 0.2) is 6.07 Å². The molecule has 0 radical (unpaired) electrons. The molecule has 1 heterocycles. The Kier molecular flexibility index (Phi) is 3.02. The van der Waals surface area contributed by atoms with E-state index in [1.165, 1.54) is 4.68 Å². The summed E-state index contributed by atoms with van der Waals surface area (Å²) in [5.74, 6) is 0.331. The van der Waals surface area contributed by atoms with Crippen molar-refractivity contribution in [1.29, 1.82) is 0 Å². The fraction of sp³-hybridized carbons (Fsp3) is 0.600. The van der Waals surface area contributed by atoms with E-state index in [1.54, 1.807) is 6.07 Å². The SMILES string of the molecule is CCc1cc(N)nn1C(=O)OC(C)(C)C. The van der Waals surface area contributed by atoms with Crippen LogP contribution in [0.4, 0.5) is 10.6 Å². The number of carbonyl (C=O) groups excluding carboxylic acids is 1. The van der Waals surface area contributed by atoms with Gasteiger partial charge in [0.1, 0.15) is 11.4 Å². The van der Waals surface area contributed by atoms with Crippen molar-refractivity contribution < 1.29 is 9.53 Å². The van der Waals surface area contributed by atoms with Gasteiger partial charge in [-0.15, -0.1) is 5.10 Å². The van der Waals surface area contributed by atoms with E-state index in [2.05, 4.69) is 5.10 Å². The van der Waals surface area contributed by atoms with Gasteiger partial charge in [-0.25, -0.2) is 4.79 Å². The maximum Gasteiger partial charge on any atom is 0.435 e. The zero-order valence-corrected chi connectivity index (χ0v) is 9.57. The normalized spacial score (nSPS) is 11.5. The molecule has 5 nitrogen and oxygen atoms in total. The van der Waals surface area contributed by atoms with Crippen LogP contribution >= 0.6 is 0 Å². The Morgan fingerprint density at radius 2 is 2.20 bits per heavy atom. The average molecular weight is 211 g/mol. The molecule has 15 heavy (non-hydrogen) atoms. The number of nitrogens with zero attached hydrogens (tertiary/aromatic N) is 2. The van der Waals surface area contributed by atoms with Crippen LogP contribution in [0.3, 0.4) is 0 Å². The molecule has 2 N–H and O–H groups in total. The summed E-state index contributed by atoms with van der Waals surface area (Å²) >= 11 is 0. The van der Waals surface area contributed by atoms with E-state index >= 15 is 0 Å². The van der Waals surface area contributed by atoms with Crippen LogP contribution in [0.25, 0.3) is 0 Å². The second kappa shape index (κ2) is 3.92. The summed E-state index contributed by atoms with van der Waals surface area (Å²) in [6.45, 7) is 7.35. The lowest BCUT2D eigenvalue weighted by Crippen LogP contribution is -2.28. The third kappa shape index (κ3) is 2.97. The van der Waals surface area contributed by atoms with Crippen molar-refractivity contribution in [3.05, 3.63) is 11.8 Å². The first-order valence-electron chi connectivity index (χ1n) is 4.91. The summed E-state index contributed by atoms with van der Waals surface area (Å²) in [6.07, 6.45) is 0.194. The molecule has 1 aromatic heterocycles. The van der Waals surface area contributed by atoms with E-state index < -0.39 is 11.7 Å². The molecule has 0 aliphatic heterocycles. The molecule has 0 bridgehead atoms. The molecule has 0 atom stereocenters. The maximum absolute atomic E-state index is 11.7. The molecule has 1 aromatic rings. The monoisotopic (exact) mass is 211 g/mol. The molecule has 84 valence electrons. The third-order valence-electron chi connectivity index (χ3n) is 1.73. The summed E-state index contributed by atoms with van der Waals surface area (Å²) < 4.78 is 6.39. The predicted octanol–water partition coefficient (Wildman–Crippen LogP) is 1.81. The van der Waals surface area contributed by atoms with Crippen LogP contribution in [0.5, 0.6) is 0 Å². The molecule has 0 spiro atoms. The van der Waals surface area contributed by atoms with E-state index in [1.807, 2.05) is 27.7 Å². The molecule has 5 heteroatoms. The second-order valence-corrected chi connectivity index (χ2v) is 4.31. The maximum atomic E-state index is 11.7. The standard InChI is InChI=1S/C10H17N3O2/c1-5-7-6-8(11)12-13(7)9(14)15-10(2,3)4/h6H,5H2,1-4H3,(H2,11,12). The van der Waals surface area contributed by atoms with Gasteiger partial charge in [0.05, 0.1) is 5.69 Å². The minimum absolute atomic E-state index is 0.331. The number of hydrogen-bond donors (Lipinski definition) is 1. The number of hydrogen-bond acceptors (Lipinski definition) is 4. The van der Waals surface area contributed by atoms with Crippen LogP contribution in [-0.2, 0) is 11.2 Å². The Balaban J connectivity index is 2.91. The molecule has 0 fully saturated rings. The largest absolute Gasteiger partial charge is 0.442 e. The number of anilines is 1. The highest BCUT2D eigenvalue weighted by Crippen LogP contribution is 2.12. The lowest BCUT2D eigenvalue weighted by Gasteiger charge is -2.19. The quantitative estimate of drug-likeness (QED) is 0.769. The number of aromatic nitrogens is 2. The highest BCUT2D eigenvalue weighted by atomic mass is 16.6. The van der Waals surface area contributed by atoms with E-state index in [-0.39, 0.29) is 0 Å². The van der Waals surface area contributed by atoms with Crippen molar-refractivity contribution in [2.75, 3.05) is 5.73 Å². The van der Waals surface area contributed by atoms with Crippen LogP contribution in [0.2, 0.25) is 0 Å². The first-order valence-corrected chi connectivity index (χ1v) is 4.91. The fourth-order valence-corrected chi connectivity index (χ4v) is 1.16. The second-order valence-electron chi connectivity index (χ2n) is 4.31. The molecule has 0 aromatic carbocycles. The summed E-state index contributed by atoms with van der Waals surface area (Å²) in [5.41, 5.74) is 5.74. The van der Waals surface area contributed by atoms with Gasteiger partial charge in [0.2, 0.25) is 0 Å². The summed E-state index contributed by atoms with van der Waals surface area (Å²) in [4.78, 5) is 11.7.